The van der Waals surface area contributed by atoms with Crippen LogP contribution in [0, 0.1) is 0 Å². The molecule has 6 heteroatoms. The van der Waals surface area contributed by atoms with E-state index in [1.165, 1.54) is 5.56 Å². The normalized spacial score (nSPS) is 10.7. The van der Waals surface area contributed by atoms with Crippen LogP contribution in [0.3, 0.4) is 0 Å². The van der Waals surface area contributed by atoms with Gasteiger partial charge in [-0.15, -0.1) is 0 Å². The molecule has 0 aliphatic rings. The van der Waals surface area contributed by atoms with Crippen LogP contribution in [0.25, 0.3) is 11.3 Å². The second kappa shape index (κ2) is 8.33. The number of benzene rings is 2. The van der Waals surface area contributed by atoms with Crippen molar-refractivity contribution in [3.05, 3.63) is 83.3 Å². The summed E-state index contributed by atoms with van der Waals surface area (Å²) in [6, 6.07) is 18.2. The van der Waals surface area contributed by atoms with Crippen LogP contribution in [0.15, 0.2) is 60.8 Å². The van der Waals surface area contributed by atoms with E-state index in [4.69, 9.17) is 11.5 Å². The maximum Gasteiger partial charge on any atom is 0.269 e. The van der Waals surface area contributed by atoms with Gasteiger partial charge in [0, 0.05) is 25.2 Å². The fourth-order valence-electron chi connectivity index (χ4n) is 2.69. The van der Waals surface area contributed by atoms with Gasteiger partial charge in [0.05, 0.1) is 17.6 Å². The number of primary amides is 1. The van der Waals surface area contributed by atoms with Gasteiger partial charge in [0.25, 0.3) is 5.91 Å². The minimum atomic E-state index is -0.625. The average Bonchev–Trinajstić information content (AvgIpc) is 2.68. The fraction of sp³-hybridized carbons (Fsp3) is 0.150. The van der Waals surface area contributed by atoms with Crippen LogP contribution < -0.4 is 16.8 Å². The zero-order chi connectivity index (χ0) is 18.4. The maximum atomic E-state index is 11.6. The highest BCUT2D eigenvalue weighted by Gasteiger charge is 2.12. The Kier molecular flexibility index (Phi) is 5.68. The number of carbonyl (C=O) groups is 1. The molecule has 0 aliphatic heterocycles. The lowest BCUT2D eigenvalue weighted by Crippen LogP contribution is -2.19. The van der Waals surface area contributed by atoms with Crippen molar-refractivity contribution in [2.45, 2.75) is 19.6 Å². The zero-order valence-corrected chi connectivity index (χ0v) is 14.4. The van der Waals surface area contributed by atoms with Crippen LogP contribution in [-0.2, 0) is 19.6 Å². The lowest BCUT2D eigenvalue weighted by atomic mass is 10.1. The number of nitrogens with one attached hydrogen (secondary N) is 1. The lowest BCUT2D eigenvalue weighted by molar-refractivity contribution is 0.0994. The van der Waals surface area contributed by atoms with E-state index in [1.54, 1.807) is 6.20 Å². The Labute approximate surface area is 152 Å². The van der Waals surface area contributed by atoms with Crippen molar-refractivity contribution in [2.75, 3.05) is 0 Å². The van der Waals surface area contributed by atoms with E-state index >= 15 is 0 Å². The molecule has 26 heavy (non-hydrogen) atoms. The molecule has 0 saturated carbocycles. The van der Waals surface area contributed by atoms with Gasteiger partial charge in [0.15, 0.2) is 5.69 Å². The van der Waals surface area contributed by atoms with Gasteiger partial charge in [-0.2, -0.15) is 0 Å². The van der Waals surface area contributed by atoms with Crippen molar-refractivity contribution in [1.29, 1.82) is 0 Å². The van der Waals surface area contributed by atoms with Gasteiger partial charge < -0.3 is 16.8 Å². The van der Waals surface area contributed by atoms with E-state index in [2.05, 4.69) is 27.4 Å². The summed E-state index contributed by atoms with van der Waals surface area (Å²) in [5.41, 5.74) is 15.3. The average molecular weight is 347 g/mol. The number of nitrogens with two attached hydrogens (primary N) is 2. The zero-order valence-electron chi connectivity index (χ0n) is 14.4. The smallest absolute Gasteiger partial charge is 0.269 e. The molecule has 0 unspecified atom stereocenters. The standard InChI is InChI=1S/C20H21N5O/c21-10-17-19(20(22)26)25-18(13-24-17)16-8-4-7-15(9-16)12-23-11-14-5-2-1-3-6-14/h1-9,13,23H,10-12,21H2,(H2,22,26). The van der Waals surface area contributed by atoms with Gasteiger partial charge >= 0.3 is 0 Å². The third-order valence-corrected chi connectivity index (χ3v) is 4.00. The molecule has 1 heterocycles. The van der Waals surface area contributed by atoms with Crippen LogP contribution in [-0.4, -0.2) is 15.9 Å². The number of carbonyl (C=O) groups excluding carboxylic acids is 1. The summed E-state index contributed by atoms with van der Waals surface area (Å²) in [6.07, 6.45) is 1.62. The number of rotatable bonds is 7. The van der Waals surface area contributed by atoms with Crippen LogP contribution in [0.4, 0.5) is 0 Å². The van der Waals surface area contributed by atoms with Gasteiger partial charge in [-0.3, -0.25) is 9.78 Å². The molecule has 1 aromatic heterocycles. The van der Waals surface area contributed by atoms with Gasteiger partial charge in [-0.25, -0.2) is 4.98 Å². The highest BCUT2D eigenvalue weighted by molar-refractivity contribution is 5.92. The molecule has 0 fully saturated rings. The van der Waals surface area contributed by atoms with E-state index in [0.29, 0.717) is 11.4 Å². The highest BCUT2D eigenvalue weighted by atomic mass is 16.1. The third kappa shape index (κ3) is 4.30. The van der Waals surface area contributed by atoms with Crippen LogP contribution in [0.5, 0.6) is 0 Å². The minimum absolute atomic E-state index is 0.120. The molecule has 3 aromatic rings. The van der Waals surface area contributed by atoms with E-state index in [0.717, 1.165) is 24.2 Å². The lowest BCUT2D eigenvalue weighted by Gasteiger charge is -2.09. The minimum Gasteiger partial charge on any atom is -0.364 e. The van der Waals surface area contributed by atoms with E-state index in [9.17, 15) is 4.79 Å². The van der Waals surface area contributed by atoms with Crippen molar-refractivity contribution in [3.63, 3.8) is 0 Å². The first-order valence-corrected chi connectivity index (χ1v) is 8.37. The van der Waals surface area contributed by atoms with E-state index < -0.39 is 5.91 Å². The molecule has 0 saturated heterocycles. The molecule has 2 aromatic carbocycles. The van der Waals surface area contributed by atoms with Crippen molar-refractivity contribution >= 4 is 5.91 Å². The van der Waals surface area contributed by atoms with Crippen LogP contribution >= 0.6 is 0 Å². The number of aromatic nitrogens is 2. The summed E-state index contributed by atoms with van der Waals surface area (Å²) in [6.45, 7) is 1.64. The molecule has 3 rings (SSSR count). The Bertz CT molecular complexity index is 896. The Morgan fingerprint density at radius 3 is 2.46 bits per heavy atom. The molecule has 0 radical (unpaired) electrons. The monoisotopic (exact) mass is 347 g/mol. The van der Waals surface area contributed by atoms with Crippen molar-refractivity contribution < 1.29 is 4.79 Å². The number of nitrogens with zero attached hydrogens (tertiary/aromatic N) is 2. The Morgan fingerprint density at radius 2 is 1.73 bits per heavy atom. The first-order chi connectivity index (χ1) is 12.7. The van der Waals surface area contributed by atoms with E-state index in [-0.39, 0.29) is 12.2 Å². The molecular formula is C20H21N5O. The second-order valence-corrected chi connectivity index (χ2v) is 5.91. The molecule has 132 valence electrons. The van der Waals surface area contributed by atoms with Crippen molar-refractivity contribution in [1.82, 2.24) is 15.3 Å². The Hall–Kier alpha value is -3.09. The quantitative estimate of drug-likeness (QED) is 0.606. The Morgan fingerprint density at radius 1 is 1.00 bits per heavy atom. The molecule has 0 atom stereocenters. The van der Waals surface area contributed by atoms with Gasteiger partial charge in [0.2, 0.25) is 0 Å². The summed E-state index contributed by atoms with van der Waals surface area (Å²) < 4.78 is 0. The predicted octanol–water partition coefficient (Wildman–Crippen LogP) is 1.99. The second-order valence-electron chi connectivity index (χ2n) is 5.91. The highest BCUT2D eigenvalue weighted by Crippen LogP contribution is 2.19. The summed E-state index contributed by atoms with van der Waals surface area (Å²) in [5, 5.41) is 3.42. The summed E-state index contributed by atoms with van der Waals surface area (Å²) in [5.74, 6) is -0.625. The van der Waals surface area contributed by atoms with Crippen LogP contribution in [0.2, 0.25) is 0 Å². The number of hydrogen-bond donors (Lipinski definition) is 3. The molecule has 0 bridgehead atoms. The first-order valence-electron chi connectivity index (χ1n) is 8.37. The summed E-state index contributed by atoms with van der Waals surface area (Å²) in [7, 11) is 0. The molecule has 0 spiro atoms. The largest absolute Gasteiger partial charge is 0.364 e. The van der Waals surface area contributed by atoms with E-state index in [1.807, 2.05) is 42.5 Å². The first kappa shape index (κ1) is 17.7. The van der Waals surface area contributed by atoms with Crippen molar-refractivity contribution in [2.24, 2.45) is 11.5 Å². The maximum absolute atomic E-state index is 11.6. The predicted molar refractivity (Wildman–Crippen MR) is 101 cm³/mol. The molecular weight excluding hydrogens is 326 g/mol. The molecule has 0 aliphatic carbocycles. The number of amides is 1. The number of hydrogen-bond acceptors (Lipinski definition) is 5. The van der Waals surface area contributed by atoms with Crippen molar-refractivity contribution in [3.8, 4) is 11.3 Å². The van der Waals surface area contributed by atoms with Gasteiger partial charge in [-0.05, 0) is 17.2 Å². The van der Waals surface area contributed by atoms with Crippen LogP contribution in [0.1, 0.15) is 27.3 Å². The summed E-state index contributed by atoms with van der Waals surface area (Å²) >= 11 is 0. The molecule has 6 nitrogen and oxygen atoms in total. The van der Waals surface area contributed by atoms with Gasteiger partial charge in [-0.1, -0.05) is 48.5 Å². The molecule has 1 amide bonds. The Balaban J connectivity index is 1.75. The fourth-order valence-corrected chi connectivity index (χ4v) is 2.69. The SMILES string of the molecule is NCc1ncc(-c2cccc(CNCc3ccccc3)c2)nc1C(N)=O. The third-order valence-electron chi connectivity index (χ3n) is 4.00. The van der Waals surface area contributed by atoms with Gasteiger partial charge in [0.1, 0.15) is 0 Å². The topological polar surface area (TPSA) is 107 Å². The molecule has 5 N–H and O–H groups in total. The summed E-state index contributed by atoms with van der Waals surface area (Å²) in [4.78, 5) is 20.1.